The van der Waals surface area contributed by atoms with Crippen LogP contribution in [0.2, 0.25) is 5.02 Å². The molecule has 1 heterocycles. The Morgan fingerprint density at radius 2 is 1.57 bits per heavy atom. The van der Waals surface area contributed by atoms with E-state index < -0.39 is 9.84 Å². The summed E-state index contributed by atoms with van der Waals surface area (Å²) in [7, 11) is -3.45. The molecule has 3 aromatic rings. The van der Waals surface area contributed by atoms with Crippen LogP contribution < -0.4 is 0 Å². The molecule has 7 heteroatoms. The van der Waals surface area contributed by atoms with Crippen LogP contribution in [0.25, 0.3) is 21.8 Å². The summed E-state index contributed by atoms with van der Waals surface area (Å²) in [5, 5.41) is 1.16. The molecule has 2 aromatic carbocycles. The van der Waals surface area contributed by atoms with Gasteiger partial charge in [-0.2, -0.15) is 0 Å². The highest BCUT2D eigenvalue weighted by atomic mass is 35.5. The Morgan fingerprint density at radius 3 is 2.13 bits per heavy atom. The van der Waals surface area contributed by atoms with Crippen LogP contribution in [0.3, 0.4) is 0 Å². The van der Waals surface area contributed by atoms with Crippen LogP contribution in [0.4, 0.5) is 4.39 Å². The van der Waals surface area contributed by atoms with Crippen LogP contribution in [-0.4, -0.2) is 19.7 Å². The van der Waals surface area contributed by atoms with Gasteiger partial charge in [0.15, 0.2) is 9.84 Å². The van der Waals surface area contributed by atoms with Crippen LogP contribution in [0.5, 0.6) is 0 Å². The number of thiazole rings is 1. The van der Waals surface area contributed by atoms with Gasteiger partial charge in [-0.15, -0.1) is 11.3 Å². The lowest BCUT2D eigenvalue weighted by molar-refractivity contribution is 0.604. The molecule has 0 saturated heterocycles. The Kier molecular flexibility index (Phi) is 4.23. The highest BCUT2D eigenvalue weighted by Crippen LogP contribution is 2.37. The summed E-state index contributed by atoms with van der Waals surface area (Å²) in [5.74, 6) is -0.386. The Balaban J connectivity index is 2.18. The maximum atomic E-state index is 13.1. The zero-order valence-corrected chi connectivity index (χ0v) is 14.3. The molecule has 0 amide bonds. The molecule has 23 heavy (non-hydrogen) atoms. The van der Waals surface area contributed by atoms with Gasteiger partial charge in [-0.05, 0) is 36.4 Å². The second-order valence-corrected chi connectivity index (χ2v) is 8.59. The number of hydrogen-bond donors (Lipinski definition) is 0. The van der Waals surface area contributed by atoms with Crippen molar-refractivity contribution in [2.75, 3.05) is 6.26 Å². The van der Waals surface area contributed by atoms with Crippen molar-refractivity contribution >= 4 is 32.8 Å². The largest absolute Gasteiger partial charge is 0.235 e. The molecular weight excluding hydrogens is 357 g/mol. The van der Waals surface area contributed by atoms with Crippen molar-refractivity contribution < 1.29 is 12.8 Å². The molecule has 3 nitrogen and oxygen atoms in total. The Labute approximate surface area is 142 Å². The molecule has 0 unspecified atom stereocenters. The van der Waals surface area contributed by atoms with Gasteiger partial charge in [0.2, 0.25) is 0 Å². The number of rotatable bonds is 3. The lowest BCUT2D eigenvalue weighted by Crippen LogP contribution is -1.96. The molecule has 0 aliphatic rings. The molecule has 0 spiro atoms. The van der Waals surface area contributed by atoms with Crippen molar-refractivity contribution in [3.8, 4) is 21.8 Å². The summed E-state index contributed by atoms with van der Waals surface area (Å²) in [6, 6.07) is 12.6. The van der Waals surface area contributed by atoms with E-state index in [9.17, 15) is 12.8 Å². The Morgan fingerprint density at radius 1 is 1.00 bits per heavy atom. The van der Waals surface area contributed by atoms with E-state index in [1.807, 2.05) is 0 Å². The highest BCUT2D eigenvalue weighted by molar-refractivity contribution is 7.93. The first kappa shape index (κ1) is 16.1. The minimum Gasteiger partial charge on any atom is -0.235 e. The first-order valence-electron chi connectivity index (χ1n) is 6.57. The van der Waals surface area contributed by atoms with Crippen LogP contribution in [0.15, 0.2) is 52.7 Å². The second-order valence-electron chi connectivity index (χ2n) is 4.94. The van der Waals surface area contributed by atoms with E-state index in [0.717, 1.165) is 23.2 Å². The molecule has 0 aliphatic carbocycles. The van der Waals surface area contributed by atoms with E-state index in [-0.39, 0.29) is 10.0 Å². The van der Waals surface area contributed by atoms with Crippen molar-refractivity contribution in [3.63, 3.8) is 0 Å². The number of halogens is 2. The van der Waals surface area contributed by atoms with Crippen LogP contribution >= 0.6 is 22.9 Å². The van der Waals surface area contributed by atoms with Gasteiger partial charge in [0.25, 0.3) is 0 Å². The van der Waals surface area contributed by atoms with Crippen molar-refractivity contribution in [1.82, 2.24) is 4.98 Å². The van der Waals surface area contributed by atoms with Crippen LogP contribution in [-0.2, 0) is 9.84 Å². The van der Waals surface area contributed by atoms with E-state index >= 15 is 0 Å². The van der Waals surface area contributed by atoms with Gasteiger partial charge in [0.1, 0.15) is 20.7 Å². The molecule has 3 rings (SSSR count). The summed E-state index contributed by atoms with van der Waals surface area (Å²) in [6.45, 7) is 0. The molecule has 0 saturated carbocycles. The van der Waals surface area contributed by atoms with Crippen molar-refractivity contribution in [3.05, 3.63) is 59.4 Å². The van der Waals surface area contributed by atoms with E-state index in [0.29, 0.717) is 21.3 Å². The number of nitrogens with zero attached hydrogens (tertiary/aromatic N) is 1. The minimum absolute atomic E-state index is 0.161. The van der Waals surface area contributed by atoms with Crippen LogP contribution in [0, 0.1) is 5.82 Å². The van der Waals surface area contributed by atoms with E-state index in [4.69, 9.17) is 11.6 Å². The topological polar surface area (TPSA) is 47.0 Å². The predicted molar refractivity (Wildman–Crippen MR) is 91.1 cm³/mol. The number of hydrogen-bond acceptors (Lipinski definition) is 4. The lowest BCUT2D eigenvalue weighted by atomic mass is 10.2. The molecule has 0 N–H and O–H groups in total. The number of sulfone groups is 1. The summed E-state index contributed by atoms with van der Waals surface area (Å²) < 4.78 is 37.4. The zero-order chi connectivity index (χ0) is 16.6. The quantitative estimate of drug-likeness (QED) is 0.675. The van der Waals surface area contributed by atoms with Gasteiger partial charge >= 0.3 is 0 Å². The molecule has 0 radical (unpaired) electrons. The molecule has 0 fully saturated rings. The SMILES string of the molecule is CS(=O)(=O)c1sc(-c2ccc(Cl)cc2)nc1-c1ccc(F)cc1. The molecule has 0 bridgehead atoms. The predicted octanol–water partition coefficient (Wildman–Crippen LogP) is 4.67. The van der Waals surface area contributed by atoms with Gasteiger partial charge in [0, 0.05) is 22.4 Å². The van der Waals surface area contributed by atoms with E-state index in [1.54, 1.807) is 24.3 Å². The third-order valence-corrected chi connectivity index (χ3v) is 6.32. The van der Waals surface area contributed by atoms with Crippen molar-refractivity contribution in [2.45, 2.75) is 4.21 Å². The molecule has 1 aromatic heterocycles. The fourth-order valence-corrected chi connectivity index (χ4v) is 4.37. The second kappa shape index (κ2) is 6.03. The summed E-state index contributed by atoms with van der Waals surface area (Å²) >= 11 is 6.96. The third-order valence-electron chi connectivity index (χ3n) is 3.14. The Hall–Kier alpha value is -1.76. The van der Waals surface area contributed by atoms with Gasteiger partial charge in [0.05, 0.1) is 0 Å². The van der Waals surface area contributed by atoms with Gasteiger partial charge in [-0.3, -0.25) is 0 Å². The fraction of sp³-hybridized carbons (Fsp3) is 0.0625. The van der Waals surface area contributed by atoms with Gasteiger partial charge in [-0.25, -0.2) is 17.8 Å². The summed E-state index contributed by atoms with van der Waals surface area (Å²) in [6.07, 6.45) is 1.14. The monoisotopic (exact) mass is 367 g/mol. The third kappa shape index (κ3) is 3.44. The summed E-state index contributed by atoms with van der Waals surface area (Å²) in [5.41, 5.74) is 1.67. The normalized spacial score (nSPS) is 11.6. The molecule has 118 valence electrons. The van der Waals surface area contributed by atoms with Crippen molar-refractivity contribution in [2.24, 2.45) is 0 Å². The van der Waals surface area contributed by atoms with Gasteiger partial charge in [-0.1, -0.05) is 23.7 Å². The Bertz CT molecular complexity index is 949. The van der Waals surface area contributed by atoms with E-state index in [1.165, 1.54) is 24.3 Å². The molecular formula is C16H11ClFNO2S2. The maximum Gasteiger partial charge on any atom is 0.187 e. The first-order valence-corrected chi connectivity index (χ1v) is 9.66. The minimum atomic E-state index is -3.45. The zero-order valence-electron chi connectivity index (χ0n) is 12.0. The average molecular weight is 368 g/mol. The number of benzene rings is 2. The maximum absolute atomic E-state index is 13.1. The summed E-state index contributed by atoms with van der Waals surface area (Å²) in [4.78, 5) is 4.45. The van der Waals surface area contributed by atoms with Gasteiger partial charge < -0.3 is 0 Å². The van der Waals surface area contributed by atoms with Crippen molar-refractivity contribution in [1.29, 1.82) is 0 Å². The lowest BCUT2D eigenvalue weighted by Gasteiger charge is -2.00. The standard InChI is InChI=1S/C16H11ClFNO2S2/c1-23(20,21)16-14(10-4-8-13(18)9-5-10)19-15(22-16)11-2-6-12(17)7-3-11/h2-9H,1H3. The smallest absolute Gasteiger partial charge is 0.187 e. The first-order chi connectivity index (χ1) is 10.8. The van der Waals surface area contributed by atoms with Crippen LogP contribution in [0.1, 0.15) is 0 Å². The van der Waals surface area contributed by atoms with E-state index in [2.05, 4.69) is 4.98 Å². The molecule has 0 aliphatic heterocycles. The fourth-order valence-electron chi connectivity index (χ4n) is 2.06. The highest BCUT2D eigenvalue weighted by Gasteiger charge is 2.21. The average Bonchev–Trinajstić information content (AvgIpc) is 2.94. The number of aromatic nitrogens is 1. The molecule has 0 atom stereocenters.